The SMILES string of the molecule is CC=CC=Cc1ccc(C=CC)cc1. The molecule has 0 heteroatoms. The summed E-state index contributed by atoms with van der Waals surface area (Å²) in [5, 5.41) is 0. The zero-order valence-corrected chi connectivity index (χ0v) is 8.77. The van der Waals surface area contributed by atoms with Crippen molar-refractivity contribution in [3.8, 4) is 0 Å². The Labute approximate surface area is 86.3 Å². The van der Waals surface area contributed by atoms with Crippen LogP contribution in [0.2, 0.25) is 0 Å². The van der Waals surface area contributed by atoms with Crippen LogP contribution in [-0.2, 0) is 0 Å². The Morgan fingerprint density at radius 2 is 1.29 bits per heavy atom. The van der Waals surface area contributed by atoms with Crippen molar-refractivity contribution in [2.75, 3.05) is 0 Å². The van der Waals surface area contributed by atoms with Crippen molar-refractivity contribution in [3.05, 3.63) is 59.7 Å². The molecule has 0 saturated carbocycles. The standard InChI is InChI=1S/C14H16/c1-3-5-6-8-14-11-9-13(7-4-2)10-12-14/h3-12H,1-2H3. The van der Waals surface area contributed by atoms with E-state index in [1.165, 1.54) is 11.1 Å². The lowest BCUT2D eigenvalue weighted by Crippen LogP contribution is -1.73. The molecule has 14 heavy (non-hydrogen) atoms. The van der Waals surface area contributed by atoms with Gasteiger partial charge in [-0.05, 0) is 25.0 Å². The van der Waals surface area contributed by atoms with Gasteiger partial charge in [-0.1, -0.05) is 60.7 Å². The van der Waals surface area contributed by atoms with Crippen molar-refractivity contribution in [2.45, 2.75) is 13.8 Å². The van der Waals surface area contributed by atoms with Gasteiger partial charge in [-0.3, -0.25) is 0 Å². The van der Waals surface area contributed by atoms with Gasteiger partial charge in [0.1, 0.15) is 0 Å². The third kappa shape index (κ3) is 3.44. The van der Waals surface area contributed by atoms with Crippen molar-refractivity contribution >= 4 is 12.2 Å². The van der Waals surface area contributed by atoms with Crippen molar-refractivity contribution in [3.63, 3.8) is 0 Å². The predicted octanol–water partition coefficient (Wildman–Crippen LogP) is 4.31. The first-order chi connectivity index (χ1) is 6.86. The fraction of sp³-hybridized carbons (Fsp3) is 0.143. The lowest BCUT2D eigenvalue weighted by molar-refractivity contribution is 1.61. The molecule has 0 saturated heterocycles. The second kappa shape index (κ2) is 5.98. The minimum Gasteiger partial charge on any atom is -0.0877 e. The van der Waals surface area contributed by atoms with Crippen LogP contribution >= 0.6 is 0 Å². The van der Waals surface area contributed by atoms with Gasteiger partial charge in [0.2, 0.25) is 0 Å². The van der Waals surface area contributed by atoms with Gasteiger partial charge < -0.3 is 0 Å². The van der Waals surface area contributed by atoms with Gasteiger partial charge in [0.05, 0.1) is 0 Å². The number of hydrogen-bond acceptors (Lipinski definition) is 0. The van der Waals surface area contributed by atoms with E-state index in [0.29, 0.717) is 0 Å². The van der Waals surface area contributed by atoms with Gasteiger partial charge >= 0.3 is 0 Å². The molecule has 0 heterocycles. The van der Waals surface area contributed by atoms with Crippen LogP contribution < -0.4 is 0 Å². The van der Waals surface area contributed by atoms with Crippen molar-refractivity contribution in [1.29, 1.82) is 0 Å². The zero-order chi connectivity index (χ0) is 10.2. The van der Waals surface area contributed by atoms with Crippen molar-refractivity contribution in [2.24, 2.45) is 0 Å². The van der Waals surface area contributed by atoms with E-state index in [0.717, 1.165) is 0 Å². The fourth-order valence-electron chi connectivity index (χ4n) is 1.19. The number of rotatable bonds is 3. The minimum absolute atomic E-state index is 1.23. The summed E-state index contributed by atoms with van der Waals surface area (Å²) in [6, 6.07) is 8.48. The summed E-state index contributed by atoms with van der Waals surface area (Å²) in [5.41, 5.74) is 2.48. The van der Waals surface area contributed by atoms with E-state index in [1.807, 2.05) is 38.2 Å². The molecule has 0 spiro atoms. The van der Waals surface area contributed by atoms with Crippen LogP contribution in [0.5, 0.6) is 0 Å². The maximum atomic E-state index is 2.12. The third-order valence-electron chi connectivity index (χ3n) is 1.89. The maximum Gasteiger partial charge on any atom is -0.0256 e. The van der Waals surface area contributed by atoms with Crippen LogP contribution in [0.1, 0.15) is 25.0 Å². The summed E-state index contributed by atoms with van der Waals surface area (Å²) >= 11 is 0. The van der Waals surface area contributed by atoms with Crippen LogP contribution in [0.3, 0.4) is 0 Å². The first-order valence-corrected chi connectivity index (χ1v) is 4.89. The molecule has 0 aromatic heterocycles. The number of hydrogen-bond donors (Lipinski definition) is 0. The van der Waals surface area contributed by atoms with Gasteiger partial charge in [0.25, 0.3) is 0 Å². The summed E-state index contributed by atoms with van der Waals surface area (Å²) in [5.74, 6) is 0. The Hall–Kier alpha value is -1.56. The molecule has 0 fully saturated rings. The number of allylic oxidation sites excluding steroid dienone is 4. The average molecular weight is 184 g/mol. The molecule has 0 amide bonds. The van der Waals surface area contributed by atoms with Gasteiger partial charge in [0.15, 0.2) is 0 Å². The van der Waals surface area contributed by atoms with Crippen LogP contribution in [0.4, 0.5) is 0 Å². The molecule has 0 bridgehead atoms. The lowest BCUT2D eigenvalue weighted by atomic mass is 10.1. The second-order valence-corrected chi connectivity index (χ2v) is 3.05. The van der Waals surface area contributed by atoms with Gasteiger partial charge in [-0.25, -0.2) is 0 Å². The van der Waals surface area contributed by atoms with Crippen molar-refractivity contribution in [1.82, 2.24) is 0 Å². The highest BCUT2D eigenvalue weighted by Crippen LogP contribution is 2.07. The molecule has 1 aromatic rings. The predicted molar refractivity (Wildman–Crippen MR) is 65.0 cm³/mol. The first-order valence-electron chi connectivity index (χ1n) is 4.89. The van der Waals surface area contributed by atoms with Crippen LogP contribution in [0.15, 0.2) is 48.6 Å². The van der Waals surface area contributed by atoms with Crippen LogP contribution in [-0.4, -0.2) is 0 Å². The minimum atomic E-state index is 1.23. The molecule has 1 rings (SSSR count). The molecule has 0 atom stereocenters. The normalized spacial score (nSPS) is 12.1. The molecule has 0 aliphatic carbocycles. The monoisotopic (exact) mass is 184 g/mol. The first kappa shape index (κ1) is 10.5. The fourth-order valence-corrected chi connectivity index (χ4v) is 1.19. The quantitative estimate of drug-likeness (QED) is 0.614. The second-order valence-electron chi connectivity index (χ2n) is 3.05. The molecule has 72 valence electrons. The largest absolute Gasteiger partial charge is 0.0877 e. The highest BCUT2D eigenvalue weighted by atomic mass is 13.9. The Balaban J connectivity index is 2.73. The van der Waals surface area contributed by atoms with E-state index in [-0.39, 0.29) is 0 Å². The van der Waals surface area contributed by atoms with Crippen molar-refractivity contribution < 1.29 is 0 Å². The third-order valence-corrected chi connectivity index (χ3v) is 1.89. The van der Waals surface area contributed by atoms with E-state index in [9.17, 15) is 0 Å². The highest BCUT2D eigenvalue weighted by molar-refractivity contribution is 5.56. The van der Waals surface area contributed by atoms with Crippen LogP contribution in [0, 0.1) is 0 Å². The van der Waals surface area contributed by atoms with E-state index in [2.05, 4.69) is 36.4 Å². The lowest BCUT2D eigenvalue weighted by Gasteiger charge is -1.94. The molecule has 0 N–H and O–H groups in total. The summed E-state index contributed by atoms with van der Waals surface area (Å²) in [6.07, 6.45) is 12.3. The average Bonchev–Trinajstić information content (AvgIpc) is 2.21. The van der Waals surface area contributed by atoms with E-state index >= 15 is 0 Å². The van der Waals surface area contributed by atoms with E-state index < -0.39 is 0 Å². The molecular formula is C14H16. The van der Waals surface area contributed by atoms with Gasteiger partial charge in [-0.2, -0.15) is 0 Å². The summed E-state index contributed by atoms with van der Waals surface area (Å²) in [7, 11) is 0. The Bertz CT molecular complexity index is 337. The Morgan fingerprint density at radius 1 is 0.714 bits per heavy atom. The molecule has 1 aromatic carbocycles. The molecular weight excluding hydrogens is 168 g/mol. The van der Waals surface area contributed by atoms with E-state index in [1.54, 1.807) is 0 Å². The van der Waals surface area contributed by atoms with Gasteiger partial charge in [-0.15, -0.1) is 0 Å². The highest BCUT2D eigenvalue weighted by Gasteiger charge is 1.86. The van der Waals surface area contributed by atoms with Gasteiger partial charge in [0, 0.05) is 0 Å². The van der Waals surface area contributed by atoms with Crippen LogP contribution in [0.25, 0.3) is 12.2 Å². The maximum absolute atomic E-state index is 2.12. The summed E-state index contributed by atoms with van der Waals surface area (Å²) < 4.78 is 0. The molecule has 0 radical (unpaired) electrons. The smallest absolute Gasteiger partial charge is 0.0256 e. The molecule has 0 aliphatic heterocycles. The molecule has 0 aliphatic rings. The Kier molecular flexibility index (Phi) is 4.49. The molecule has 0 unspecified atom stereocenters. The number of benzene rings is 1. The summed E-state index contributed by atoms with van der Waals surface area (Å²) in [6.45, 7) is 4.04. The summed E-state index contributed by atoms with van der Waals surface area (Å²) in [4.78, 5) is 0. The Morgan fingerprint density at radius 3 is 1.79 bits per heavy atom. The topological polar surface area (TPSA) is 0 Å². The zero-order valence-electron chi connectivity index (χ0n) is 8.77. The molecule has 0 nitrogen and oxygen atoms in total. The van der Waals surface area contributed by atoms with E-state index in [4.69, 9.17) is 0 Å².